The van der Waals surface area contributed by atoms with Gasteiger partial charge in [0, 0.05) is 31.9 Å². The number of aromatic carboxylic acids is 1. The van der Waals surface area contributed by atoms with Crippen molar-refractivity contribution in [1.82, 2.24) is 9.29 Å². The molecule has 0 atom stereocenters. The lowest BCUT2D eigenvalue weighted by Gasteiger charge is -2.35. The first-order valence-electron chi connectivity index (χ1n) is 10.3. The zero-order valence-corrected chi connectivity index (χ0v) is 18.3. The van der Waals surface area contributed by atoms with E-state index in [9.17, 15) is 18.3 Å². The highest BCUT2D eigenvalue weighted by Gasteiger charge is 2.27. The molecular formula is C22H29N3O4S. The third-order valence-electron chi connectivity index (χ3n) is 5.18. The minimum Gasteiger partial charge on any atom is -0.478 e. The van der Waals surface area contributed by atoms with Gasteiger partial charge < -0.3 is 10.0 Å². The summed E-state index contributed by atoms with van der Waals surface area (Å²) in [4.78, 5) is 18.1. The fraction of sp³-hybridized carbons (Fsp3) is 0.455. The molecule has 7 nitrogen and oxygen atoms in total. The summed E-state index contributed by atoms with van der Waals surface area (Å²) in [5.41, 5.74) is 1.97. The normalized spacial score (nSPS) is 15.5. The van der Waals surface area contributed by atoms with E-state index < -0.39 is 16.0 Å². The lowest BCUT2D eigenvalue weighted by Crippen LogP contribution is -2.49. The number of hydrogen-bond donors (Lipinski definition) is 1. The zero-order chi connectivity index (χ0) is 21.7. The average molecular weight is 432 g/mol. The van der Waals surface area contributed by atoms with Crippen molar-refractivity contribution in [2.45, 2.75) is 26.7 Å². The maximum absolute atomic E-state index is 12.7. The second-order valence-corrected chi connectivity index (χ2v) is 10.1. The predicted molar refractivity (Wildman–Crippen MR) is 117 cm³/mol. The summed E-state index contributed by atoms with van der Waals surface area (Å²) < 4.78 is 27.0. The molecule has 2 aromatic rings. The summed E-state index contributed by atoms with van der Waals surface area (Å²) in [6.07, 6.45) is 1.19. The summed E-state index contributed by atoms with van der Waals surface area (Å²) in [6.45, 7) is 5.84. The summed E-state index contributed by atoms with van der Waals surface area (Å²) in [5.74, 6) is 0.0705. The van der Waals surface area contributed by atoms with Gasteiger partial charge in [0.1, 0.15) is 5.82 Å². The van der Waals surface area contributed by atoms with Gasteiger partial charge in [-0.2, -0.15) is 4.31 Å². The molecule has 3 rings (SSSR count). The number of aryl methyl sites for hydroxylation is 1. The molecule has 1 aromatic heterocycles. The lowest BCUT2D eigenvalue weighted by atomic mass is 10.1. The molecule has 1 aliphatic rings. The molecule has 1 N–H and O–H groups in total. The molecule has 30 heavy (non-hydrogen) atoms. The van der Waals surface area contributed by atoms with Gasteiger partial charge in [-0.05, 0) is 36.5 Å². The largest absolute Gasteiger partial charge is 0.478 e. The molecule has 0 radical (unpaired) electrons. The van der Waals surface area contributed by atoms with Gasteiger partial charge in [-0.1, -0.05) is 44.2 Å². The number of benzene rings is 1. The van der Waals surface area contributed by atoms with E-state index in [0.29, 0.717) is 50.8 Å². The van der Waals surface area contributed by atoms with Gasteiger partial charge in [-0.25, -0.2) is 18.2 Å². The number of carboxylic acid groups (broad SMARTS) is 1. The topological polar surface area (TPSA) is 90.8 Å². The molecule has 1 aromatic carbocycles. The van der Waals surface area contributed by atoms with Gasteiger partial charge in [0.2, 0.25) is 10.0 Å². The molecule has 0 saturated carbocycles. The fourth-order valence-electron chi connectivity index (χ4n) is 3.60. The first-order chi connectivity index (χ1) is 14.2. The van der Waals surface area contributed by atoms with Gasteiger partial charge in [0.15, 0.2) is 0 Å². The Kier molecular flexibility index (Phi) is 7.10. The van der Waals surface area contributed by atoms with Gasteiger partial charge in [0.25, 0.3) is 0 Å². The molecule has 1 fully saturated rings. The first-order valence-corrected chi connectivity index (χ1v) is 11.9. The Morgan fingerprint density at radius 3 is 2.37 bits per heavy atom. The monoisotopic (exact) mass is 431 g/mol. The van der Waals surface area contributed by atoms with Crippen LogP contribution in [0, 0.1) is 5.92 Å². The van der Waals surface area contributed by atoms with Crippen molar-refractivity contribution in [1.29, 1.82) is 0 Å². The number of anilines is 1. The Morgan fingerprint density at radius 2 is 1.77 bits per heavy atom. The van der Waals surface area contributed by atoms with Crippen molar-refractivity contribution in [2.24, 2.45) is 5.92 Å². The second kappa shape index (κ2) is 9.57. The zero-order valence-electron chi connectivity index (χ0n) is 17.5. The van der Waals surface area contributed by atoms with Gasteiger partial charge in [0.05, 0.1) is 11.3 Å². The van der Waals surface area contributed by atoms with Crippen LogP contribution in [0.25, 0.3) is 0 Å². The Morgan fingerprint density at radius 1 is 1.10 bits per heavy atom. The van der Waals surface area contributed by atoms with Crippen LogP contribution in [0.1, 0.15) is 35.5 Å². The Labute approximate surface area is 178 Å². The number of rotatable bonds is 8. The number of piperazine rings is 1. The molecular weight excluding hydrogens is 402 g/mol. The van der Waals surface area contributed by atoms with Crippen molar-refractivity contribution in [3.05, 3.63) is 59.3 Å². The van der Waals surface area contributed by atoms with E-state index in [-0.39, 0.29) is 11.3 Å². The number of carbonyl (C=O) groups is 1. The summed E-state index contributed by atoms with van der Waals surface area (Å²) in [5, 5.41) is 9.43. The van der Waals surface area contributed by atoms with Crippen molar-refractivity contribution in [2.75, 3.05) is 36.8 Å². The highest BCUT2D eigenvalue weighted by molar-refractivity contribution is 7.89. The molecule has 1 saturated heterocycles. The van der Waals surface area contributed by atoms with E-state index in [4.69, 9.17) is 0 Å². The van der Waals surface area contributed by atoms with E-state index in [2.05, 4.69) is 18.8 Å². The minimum absolute atomic E-state index is 0.0856. The molecule has 1 aliphatic heterocycles. The number of hydrogen-bond acceptors (Lipinski definition) is 5. The molecule has 0 aliphatic carbocycles. The standard InChI is InChI=1S/C22H29N3O4S/c1-17(2)14-20-15-19(22(26)27)16-21(23-20)24-9-11-25(12-10-24)30(28,29)13-8-18-6-4-3-5-7-18/h3-7,15-17H,8-14H2,1-2H3,(H,26,27). The Balaban J connectivity index is 1.66. The molecule has 0 spiro atoms. The summed E-state index contributed by atoms with van der Waals surface area (Å²) in [6, 6.07) is 12.8. The van der Waals surface area contributed by atoms with E-state index in [1.807, 2.05) is 35.2 Å². The van der Waals surface area contributed by atoms with E-state index >= 15 is 0 Å². The number of pyridine rings is 1. The maximum Gasteiger partial charge on any atom is 0.335 e. The molecule has 0 bridgehead atoms. The average Bonchev–Trinajstić information content (AvgIpc) is 2.72. The third kappa shape index (κ3) is 5.79. The summed E-state index contributed by atoms with van der Waals surface area (Å²) >= 11 is 0. The van der Waals surface area contributed by atoms with Crippen molar-refractivity contribution < 1.29 is 18.3 Å². The molecule has 0 unspecified atom stereocenters. The SMILES string of the molecule is CC(C)Cc1cc(C(=O)O)cc(N2CCN(S(=O)(=O)CCc3ccccc3)CC2)n1. The number of carboxylic acids is 1. The Hall–Kier alpha value is -2.45. The predicted octanol–water partition coefficient (Wildman–Crippen LogP) is 2.67. The molecule has 162 valence electrons. The van der Waals surface area contributed by atoms with Crippen LogP contribution < -0.4 is 4.90 Å². The highest BCUT2D eigenvalue weighted by atomic mass is 32.2. The van der Waals surface area contributed by atoms with Crippen LogP contribution in [0.5, 0.6) is 0 Å². The van der Waals surface area contributed by atoms with Gasteiger partial charge in [-0.3, -0.25) is 0 Å². The molecule has 0 amide bonds. The smallest absolute Gasteiger partial charge is 0.335 e. The van der Waals surface area contributed by atoms with Crippen LogP contribution in [0.2, 0.25) is 0 Å². The van der Waals surface area contributed by atoms with Gasteiger partial charge in [-0.15, -0.1) is 0 Å². The second-order valence-electron chi connectivity index (χ2n) is 8.05. The van der Waals surface area contributed by atoms with Crippen molar-refractivity contribution in [3.8, 4) is 0 Å². The van der Waals surface area contributed by atoms with E-state index in [1.54, 1.807) is 12.1 Å². The van der Waals surface area contributed by atoms with Crippen molar-refractivity contribution >= 4 is 21.8 Å². The highest BCUT2D eigenvalue weighted by Crippen LogP contribution is 2.20. The number of aromatic nitrogens is 1. The van der Waals surface area contributed by atoms with Crippen molar-refractivity contribution in [3.63, 3.8) is 0 Å². The minimum atomic E-state index is -3.34. The van der Waals surface area contributed by atoms with E-state index in [1.165, 1.54) is 4.31 Å². The summed E-state index contributed by atoms with van der Waals surface area (Å²) in [7, 11) is -3.34. The van der Waals surface area contributed by atoms with Crippen LogP contribution in [0.4, 0.5) is 5.82 Å². The van der Waals surface area contributed by atoms with Crippen LogP contribution in [0.3, 0.4) is 0 Å². The molecule has 8 heteroatoms. The van der Waals surface area contributed by atoms with Crippen LogP contribution in [0.15, 0.2) is 42.5 Å². The van der Waals surface area contributed by atoms with Crippen LogP contribution >= 0.6 is 0 Å². The number of nitrogens with zero attached hydrogens (tertiary/aromatic N) is 3. The Bertz CT molecular complexity index is 969. The molecule has 2 heterocycles. The maximum atomic E-state index is 12.7. The lowest BCUT2D eigenvalue weighted by molar-refractivity contribution is 0.0696. The van der Waals surface area contributed by atoms with Crippen LogP contribution in [-0.2, 0) is 22.9 Å². The quantitative estimate of drug-likeness (QED) is 0.691. The first kappa shape index (κ1) is 22.2. The van der Waals surface area contributed by atoms with E-state index in [0.717, 1.165) is 11.3 Å². The third-order valence-corrected chi connectivity index (χ3v) is 7.05. The van der Waals surface area contributed by atoms with Crippen LogP contribution in [-0.4, -0.2) is 60.7 Å². The van der Waals surface area contributed by atoms with Gasteiger partial charge >= 0.3 is 5.97 Å². The number of sulfonamides is 1. The fourth-order valence-corrected chi connectivity index (χ4v) is 5.07.